The van der Waals surface area contributed by atoms with Crippen molar-refractivity contribution in [2.24, 2.45) is 0 Å². The molecule has 0 amide bonds. The molecule has 0 aromatic carbocycles. The zero-order valence-electron chi connectivity index (χ0n) is 11.7. The van der Waals surface area contributed by atoms with Crippen LogP contribution in [0.1, 0.15) is 17.6 Å². The number of aromatic nitrogens is 1. The summed E-state index contributed by atoms with van der Waals surface area (Å²) in [6, 6.07) is 0. The van der Waals surface area contributed by atoms with E-state index in [-0.39, 0.29) is 0 Å². The van der Waals surface area contributed by atoms with Crippen LogP contribution in [0.2, 0.25) is 0 Å². The topological polar surface area (TPSA) is 63.6 Å². The fourth-order valence-electron chi connectivity index (χ4n) is 1.55. The average molecular weight is 288 g/mol. The minimum absolute atomic E-state index is 0.343. The molecule has 0 aliphatic heterocycles. The second-order valence-corrected chi connectivity index (χ2v) is 5.30. The third-order valence-corrected chi connectivity index (χ3v) is 3.31. The first-order chi connectivity index (χ1) is 9.22. The van der Waals surface area contributed by atoms with E-state index in [1.807, 2.05) is 13.8 Å². The highest BCUT2D eigenvalue weighted by Crippen LogP contribution is 2.07. The molecule has 0 spiro atoms. The summed E-state index contributed by atoms with van der Waals surface area (Å²) in [5.74, 6) is 0. The predicted molar refractivity (Wildman–Crippen MR) is 76.7 cm³/mol. The van der Waals surface area contributed by atoms with Crippen LogP contribution in [0.3, 0.4) is 0 Å². The van der Waals surface area contributed by atoms with Gasteiger partial charge in [0.15, 0.2) is 0 Å². The summed E-state index contributed by atoms with van der Waals surface area (Å²) in [5, 5.41) is 16.0. The Morgan fingerprint density at radius 2 is 2.21 bits per heavy atom. The van der Waals surface area contributed by atoms with Crippen LogP contribution >= 0.6 is 11.3 Å². The quantitative estimate of drug-likeness (QED) is 0.595. The molecule has 1 aromatic rings. The van der Waals surface area contributed by atoms with Crippen molar-refractivity contribution in [2.75, 3.05) is 39.5 Å². The Morgan fingerprint density at radius 1 is 1.42 bits per heavy atom. The highest BCUT2D eigenvalue weighted by Gasteiger charge is 2.04. The predicted octanol–water partition coefficient (Wildman–Crippen LogP) is 0.998. The molecule has 110 valence electrons. The number of aryl methyl sites for hydroxylation is 1. The molecule has 1 rings (SSSR count). The zero-order chi connectivity index (χ0) is 13.9. The standard InChI is InChI=1S/C13H24N2O3S/c1-3-17-6-7-18-9-13(16)8-14-5-4-12-10-19-11(2)15-12/h10,13-14,16H,3-9H2,1-2H3. The molecule has 0 fully saturated rings. The van der Waals surface area contributed by atoms with Crippen LogP contribution in [0, 0.1) is 6.92 Å². The molecule has 0 aliphatic rings. The molecule has 1 aromatic heterocycles. The van der Waals surface area contributed by atoms with Crippen LogP contribution in [-0.2, 0) is 15.9 Å². The molecule has 1 unspecified atom stereocenters. The number of nitrogens with one attached hydrogen (secondary N) is 1. The number of thiazole rings is 1. The Morgan fingerprint density at radius 3 is 2.89 bits per heavy atom. The summed E-state index contributed by atoms with van der Waals surface area (Å²) in [5.41, 5.74) is 1.11. The van der Waals surface area contributed by atoms with E-state index in [9.17, 15) is 5.11 Å². The molecule has 2 N–H and O–H groups in total. The van der Waals surface area contributed by atoms with Crippen molar-refractivity contribution in [1.29, 1.82) is 0 Å². The van der Waals surface area contributed by atoms with Gasteiger partial charge in [0.2, 0.25) is 0 Å². The van der Waals surface area contributed by atoms with Gasteiger partial charge in [-0.05, 0) is 13.8 Å². The van der Waals surface area contributed by atoms with Crippen LogP contribution in [0.5, 0.6) is 0 Å². The molecule has 6 heteroatoms. The molecule has 19 heavy (non-hydrogen) atoms. The number of hydrogen-bond donors (Lipinski definition) is 2. The Balaban J connectivity index is 1.93. The zero-order valence-corrected chi connectivity index (χ0v) is 12.5. The second-order valence-electron chi connectivity index (χ2n) is 4.24. The Labute approximate surface area is 119 Å². The number of aliphatic hydroxyl groups excluding tert-OH is 1. The monoisotopic (exact) mass is 288 g/mol. The normalized spacial score (nSPS) is 12.8. The lowest BCUT2D eigenvalue weighted by Gasteiger charge is -2.12. The number of hydrogen-bond acceptors (Lipinski definition) is 6. The average Bonchev–Trinajstić information content (AvgIpc) is 2.80. The number of rotatable bonds is 11. The lowest BCUT2D eigenvalue weighted by atomic mass is 10.3. The van der Waals surface area contributed by atoms with E-state index in [0.717, 1.165) is 23.7 Å². The Hall–Kier alpha value is -0.530. The van der Waals surface area contributed by atoms with Gasteiger partial charge in [0, 0.05) is 31.5 Å². The second kappa shape index (κ2) is 10.3. The maximum absolute atomic E-state index is 9.67. The molecule has 0 saturated carbocycles. The summed E-state index contributed by atoms with van der Waals surface area (Å²) >= 11 is 1.67. The lowest BCUT2D eigenvalue weighted by molar-refractivity contribution is 0.00659. The van der Waals surface area contributed by atoms with Gasteiger partial charge in [-0.25, -0.2) is 4.98 Å². The molecule has 0 radical (unpaired) electrons. The van der Waals surface area contributed by atoms with Gasteiger partial charge in [-0.15, -0.1) is 11.3 Å². The summed E-state index contributed by atoms with van der Waals surface area (Å²) < 4.78 is 10.4. The van der Waals surface area contributed by atoms with Crippen molar-refractivity contribution >= 4 is 11.3 Å². The van der Waals surface area contributed by atoms with Gasteiger partial charge in [-0.1, -0.05) is 0 Å². The van der Waals surface area contributed by atoms with Gasteiger partial charge < -0.3 is 19.9 Å². The van der Waals surface area contributed by atoms with Crippen LogP contribution < -0.4 is 5.32 Å². The lowest BCUT2D eigenvalue weighted by Crippen LogP contribution is -2.32. The van der Waals surface area contributed by atoms with E-state index < -0.39 is 6.10 Å². The van der Waals surface area contributed by atoms with E-state index in [1.165, 1.54) is 0 Å². The maximum atomic E-state index is 9.67. The van der Waals surface area contributed by atoms with Gasteiger partial charge in [0.25, 0.3) is 0 Å². The first-order valence-electron chi connectivity index (χ1n) is 6.67. The van der Waals surface area contributed by atoms with E-state index in [0.29, 0.717) is 33.0 Å². The van der Waals surface area contributed by atoms with Crippen molar-refractivity contribution < 1.29 is 14.6 Å². The first kappa shape index (κ1) is 16.5. The summed E-state index contributed by atoms with van der Waals surface area (Å²) in [6.45, 7) is 7.47. The van der Waals surface area contributed by atoms with Crippen molar-refractivity contribution in [3.8, 4) is 0 Å². The van der Waals surface area contributed by atoms with Crippen molar-refractivity contribution in [1.82, 2.24) is 10.3 Å². The van der Waals surface area contributed by atoms with Crippen LogP contribution in [0.15, 0.2) is 5.38 Å². The molecule has 0 bridgehead atoms. The van der Waals surface area contributed by atoms with Gasteiger partial charge in [0.05, 0.1) is 36.6 Å². The highest BCUT2D eigenvalue weighted by atomic mass is 32.1. The van der Waals surface area contributed by atoms with E-state index in [4.69, 9.17) is 9.47 Å². The minimum atomic E-state index is -0.473. The maximum Gasteiger partial charge on any atom is 0.0897 e. The van der Waals surface area contributed by atoms with Crippen LogP contribution in [-0.4, -0.2) is 55.7 Å². The van der Waals surface area contributed by atoms with Crippen molar-refractivity contribution in [3.05, 3.63) is 16.1 Å². The molecule has 0 saturated heterocycles. The van der Waals surface area contributed by atoms with E-state index >= 15 is 0 Å². The molecule has 1 heterocycles. The van der Waals surface area contributed by atoms with Crippen LogP contribution in [0.4, 0.5) is 0 Å². The third kappa shape index (κ3) is 8.28. The fourth-order valence-corrected chi connectivity index (χ4v) is 2.20. The Kier molecular flexibility index (Phi) is 8.94. The molecular formula is C13H24N2O3S. The van der Waals surface area contributed by atoms with Gasteiger partial charge in [-0.3, -0.25) is 0 Å². The number of aliphatic hydroxyl groups is 1. The summed E-state index contributed by atoms with van der Waals surface area (Å²) in [7, 11) is 0. The van der Waals surface area contributed by atoms with Gasteiger partial charge in [-0.2, -0.15) is 0 Å². The smallest absolute Gasteiger partial charge is 0.0897 e. The first-order valence-corrected chi connectivity index (χ1v) is 7.55. The van der Waals surface area contributed by atoms with Crippen molar-refractivity contribution in [2.45, 2.75) is 26.4 Å². The molecule has 1 atom stereocenters. The van der Waals surface area contributed by atoms with Crippen LogP contribution in [0.25, 0.3) is 0 Å². The molecular weight excluding hydrogens is 264 g/mol. The van der Waals surface area contributed by atoms with Gasteiger partial charge >= 0.3 is 0 Å². The third-order valence-electron chi connectivity index (χ3n) is 2.49. The molecule has 5 nitrogen and oxygen atoms in total. The SMILES string of the molecule is CCOCCOCC(O)CNCCc1csc(C)n1. The highest BCUT2D eigenvalue weighted by molar-refractivity contribution is 7.09. The number of ether oxygens (including phenoxy) is 2. The van der Waals surface area contributed by atoms with E-state index in [1.54, 1.807) is 11.3 Å². The minimum Gasteiger partial charge on any atom is -0.389 e. The van der Waals surface area contributed by atoms with Crippen molar-refractivity contribution in [3.63, 3.8) is 0 Å². The summed E-state index contributed by atoms with van der Waals surface area (Å²) in [6.07, 6.45) is 0.418. The Bertz CT molecular complexity index is 333. The van der Waals surface area contributed by atoms with E-state index in [2.05, 4.69) is 15.7 Å². The molecule has 0 aliphatic carbocycles. The van der Waals surface area contributed by atoms with Gasteiger partial charge in [0.1, 0.15) is 0 Å². The largest absolute Gasteiger partial charge is 0.389 e. The fraction of sp³-hybridized carbons (Fsp3) is 0.769. The number of nitrogens with zero attached hydrogens (tertiary/aromatic N) is 1. The summed E-state index contributed by atoms with van der Waals surface area (Å²) in [4.78, 5) is 4.38.